The Hall–Kier alpha value is -2.08. The van der Waals surface area contributed by atoms with Crippen LogP contribution in [-0.2, 0) is 4.74 Å². The van der Waals surface area contributed by atoms with E-state index in [-0.39, 0.29) is 23.5 Å². The number of esters is 1. The van der Waals surface area contributed by atoms with Crippen LogP contribution in [0.5, 0.6) is 0 Å². The van der Waals surface area contributed by atoms with Gasteiger partial charge < -0.3 is 15.8 Å². The Morgan fingerprint density at radius 3 is 2.81 bits per heavy atom. The highest BCUT2D eigenvalue weighted by Gasteiger charge is 2.15. The molecule has 0 saturated carbocycles. The molecule has 21 heavy (non-hydrogen) atoms. The summed E-state index contributed by atoms with van der Waals surface area (Å²) in [6.45, 7) is 1.92. The average molecular weight is 353 g/mol. The second-order valence-electron chi connectivity index (χ2n) is 4.28. The second kappa shape index (κ2) is 6.58. The topological polar surface area (TPSA) is 64.3 Å². The van der Waals surface area contributed by atoms with Crippen LogP contribution in [0.4, 0.5) is 21.5 Å². The molecule has 0 saturated heterocycles. The molecule has 4 nitrogen and oxygen atoms in total. The first-order chi connectivity index (χ1) is 10.0. The lowest BCUT2D eigenvalue weighted by Crippen LogP contribution is -2.09. The number of anilines is 3. The number of carbonyl (C=O) groups is 1. The fourth-order valence-corrected chi connectivity index (χ4v) is 2.19. The highest BCUT2D eigenvalue weighted by atomic mass is 79.9. The summed E-state index contributed by atoms with van der Waals surface area (Å²) in [5, 5.41) is 2.91. The Morgan fingerprint density at radius 1 is 1.38 bits per heavy atom. The van der Waals surface area contributed by atoms with Gasteiger partial charge in [0.15, 0.2) is 0 Å². The molecule has 0 amide bonds. The van der Waals surface area contributed by atoms with Crippen LogP contribution in [0.25, 0.3) is 0 Å². The lowest BCUT2D eigenvalue weighted by molar-refractivity contribution is 0.0527. The highest BCUT2D eigenvalue weighted by Crippen LogP contribution is 2.27. The Labute approximate surface area is 130 Å². The van der Waals surface area contributed by atoms with Crippen LogP contribution in [0.3, 0.4) is 0 Å². The summed E-state index contributed by atoms with van der Waals surface area (Å²) in [7, 11) is 0. The third kappa shape index (κ3) is 3.72. The van der Waals surface area contributed by atoms with Crippen molar-refractivity contribution in [3.05, 3.63) is 52.3 Å². The van der Waals surface area contributed by atoms with E-state index >= 15 is 0 Å². The molecule has 0 radical (unpaired) electrons. The number of hydrogen-bond donors (Lipinski definition) is 2. The van der Waals surface area contributed by atoms with Crippen molar-refractivity contribution in [3.63, 3.8) is 0 Å². The first-order valence-electron chi connectivity index (χ1n) is 6.30. The third-order valence-corrected chi connectivity index (χ3v) is 3.23. The maximum atomic E-state index is 14.0. The fraction of sp³-hybridized carbons (Fsp3) is 0.133. The zero-order valence-electron chi connectivity index (χ0n) is 11.3. The van der Waals surface area contributed by atoms with Crippen molar-refractivity contribution >= 4 is 39.0 Å². The summed E-state index contributed by atoms with van der Waals surface area (Å²) < 4.78 is 19.7. The van der Waals surface area contributed by atoms with Crippen LogP contribution >= 0.6 is 15.9 Å². The van der Waals surface area contributed by atoms with E-state index in [0.717, 1.165) is 10.5 Å². The summed E-state index contributed by atoms with van der Waals surface area (Å²) in [6.07, 6.45) is 0. The minimum absolute atomic E-state index is 0.0470. The number of hydrogen-bond acceptors (Lipinski definition) is 4. The van der Waals surface area contributed by atoms with Crippen LogP contribution in [0, 0.1) is 5.82 Å². The number of nitrogens with two attached hydrogens (primary N) is 1. The van der Waals surface area contributed by atoms with Crippen molar-refractivity contribution in [2.24, 2.45) is 0 Å². The van der Waals surface area contributed by atoms with Gasteiger partial charge in [-0.2, -0.15) is 0 Å². The molecule has 6 heteroatoms. The minimum Gasteiger partial charge on any atom is -0.462 e. The molecule has 0 aliphatic heterocycles. The maximum absolute atomic E-state index is 14.0. The van der Waals surface area contributed by atoms with Gasteiger partial charge >= 0.3 is 5.97 Å². The zero-order valence-corrected chi connectivity index (χ0v) is 12.9. The molecule has 0 unspecified atom stereocenters. The van der Waals surface area contributed by atoms with Crippen molar-refractivity contribution in [2.45, 2.75) is 6.92 Å². The molecule has 0 aliphatic rings. The molecular weight excluding hydrogens is 339 g/mol. The van der Waals surface area contributed by atoms with E-state index in [1.165, 1.54) is 6.07 Å². The third-order valence-electron chi connectivity index (χ3n) is 2.74. The van der Waals surface area contributed by atoms with Gasteiger partial charge in [0.2, 0.25) is 0 Å². The number of nitrogens with one attached hydrogen (secondary N) is 1. The molecule has 3 N–H and O–H groups in total. The summed E-state index contributed by atoms with van der Waals surface area (Å²) in [5.41, 5.74) is 6.69. The number of ether oxygens (including phenoxy) is 1. The highest BCUT2D eigenvalue weighted by molar-refractivity contribution is 9.10. The van der Waals surface area contributed by atoms with Gasteiger partial charge in [0, 0.05) is 15.8 Å². The van der Waals surface area contributed by atoms with Crippen LogP contribution < -0.4 is 11.1 Å². The number of halogens is 2. The van der Waals surface area contributed by atoms with Gasteiger partial charge in [-0.25, -0.2) is 9.18 Å². The summed E-state index contributed by atoms with van der Waals surface area (Å²) in [5.74, 6) is -1.12. The van der Waals surface area contributed by atoms with Gasteiger partial charge in [0.05, 0.1) is 17.9 Å². The molecule has 0 spiro atoms. The smallest absolute Gasteiger partial charge is 0.340 e. The molecule has 110 valence electrons. The van der Waals surface area contributed by atoms with E-state index in [4.69, 9.17) is 10.5 Å². The monoisotopic (exact) mass is 352 g/mol. The molecule has 0 heterocycles. The molecular formula is C15H14BrFN2O2. The Morgan fingerprint density at radius 2 is 2.14 bits per heavy atom. The van der Waals surface area contributed by atoms with E-state index in [1.54, 1.807) is 19.1 Å². The van der Waals surface area contributed by atoms with Gasteiger partial charge in [-0.05, 0) is 37.3 Å². The predicted molar refractivity (Wildman–Crippen MR) is 84.2 cm³/mol. The SMILES string of the molecule is CCOC(=O)c1cc(Nc2cccc(Br)c2)c(F)cc1N. The van der Waals surface area contributed by atoms with E-state index in [9.17, 15) is 9.18 Å². The number of carbonyl (C=O) groups excluding carboxylic acids is 1. The molecule has 2 rings (SSSR count). The van der Waals surface area contributed by atoms with Crippen molar-refractivity contribution in [2.75, 3.05) is 17.7 Å². The summed E-state index contributed by atoms with van der Waals surface area (Å²) in [6, 6.07) is 9.70. The minimum atomic E-state index is -0.577. The molecule has 2 aromatic carbocycles. The fourth-order valence-electron chi connectivity index (χ4n) is 1.79. The Bertz CT molecular complexity index is 677. The van der Waals surface area contributed by atoms with Gasteiger partial charge in [-0.15, -0.1) is 0 Å². The van der Waals surface area contributed by atoms with E-state index in [0.29, 0.717) is 5.69 Å². The molecule has 0 aliphatic carbocycles. The quantitative estimate of drug-likeness (QED) is 0.642. The summed E-state index contributed by atoms with van der Waals surface area (Å²) >= 11 is 3.34. The van der Waals surface area contributed by atoms with Gasteiger partial charge in [-0.3, -0.25) is 0 Å². The molecule has 0 aromatic heterocycles. The van der Waals surface area contributed by atoms with Crippen molar-refractivity contribution in [1.29, 1.82) is 0 Å². The lowest BCUT2D eigenvalue weighted by atomic mass is 10.1. The van der Waals surface area contributed by atoms with Crippen molar-refractivity contribution in [3.8, 4) is 0 Å². The number of rotatable bonds is 4. The summed E-state index contributed by atoms with van der Waals surface area (Å²) in [4.78, 5) is 11.8. The first-order valence-corrected chi connectivity index (χ1v) is 7.09. The van der Waals surface area contributed by atoms with E-state index in [1.807, 2.05) is 12.1 Å². The van der Waals surface area contributed by atoms with Crippen LogP contribution in [0.15, 0.2) is 40.9 Å². The normalized spacial score (nSPS) is 10.2. The molecule has 0 bridgehead atoms. The Balaban J connectivity index is 2.35. The van der Waals surface area contributed by atoms with Gasteiger partial charge in [0.1, 0.15) is 5.82 Å². The van der Waals surface area contributed by atoms with Gasteiger partial charge in [0.25, 0.3) is 0 Å². The lowest BCUT2D eigenvalue weighted by Gasteiger charge is -2.12. The van der Waals surface area contributed by atoms with E-state index in [2.05, 4.69) is 21.2 Å². The maximum Gasteiger partial charge on any atom is 0.340 e. The second-order valence-corrected chi connectivity index (χ2v) is 5.19. The largest absolute Gasteiger partial charge is 0.462 e. The number of benzene rings is 2. The zero-order chi connectivity index (χ0) is 15.4. The van der Waals surface area contributed by atoms with Crippen molar-refractivity contribution < 1.29 is 13.9 Å². The number of nitrogen functional groups attached to an aromatic ring is 1. The van der Waals surface area contributed by atoms with E-state index < -0.39 is 11.8 Å². The van der Waals surface area contributed by atoms with Gasteiger partial charge in [-0.1, -0.05) is 22.0 Å². The van der Waals surface area contributed by atoms with Crippen LogP contribution in [0.2, 0.25) is 0 Å². The molecule has 2 aromatic rings. The standard InChI is InChI=1S/C15H14BrFN2O2/c1-2-21-15(20)11-7-14(12(17)8-13(11)18)19-10-5-3-4-9(16)6-10/h3-8,19H,2,18H2,1H3. The Kier molecular flexibility index (Phi) is 4.80. The average Bonchev–Trinajstić information content (AvgIpc) is 2.42. The molecule has 0 fully saturated rings. The van der Waals surface area contributed by atoms with Crippen LogP contribution in [-0.4, -0.2) is 12.6 Å². The molecule has 0 atom stereocenters. The first kappa shape index (κ1) is 15.3. The predicted octanol–water partition coefficient (Wildman–Crippen LogP) is 4.09. The van der Waals surface area contributed by atoms with Crippen molar-refractivity contribution in [1.82, 2.24) is 0 Å². The van der Waals surface area contributed by atoms with Crippen LogP contribution in [0.1, 0.15) is 17.3 Å².